The van der Waals surface area contributed by atoms with E-state index in [0.717, 1.165) is 17.2 Å². The van der Waals surface area contributed by atoms with Gasteiger partial charge in [-0.05, 0) is 30.3 Å². The lowest BCUT2D eigenvalue weighted by Gasteiger charge is -2.11. The fraction of sp³-hybridized carbons (Fsp3) is 0.0667. The maximum atomic E-state index is 12.2. The first-order valence-corrected chi connectivity index (χ1v) is 7.59. The third kappa shape index (κ3) is 2.84. The SMILES string of the molecule is COc1ccccc1-n1c(Nc2cccc(Cl)c2)nsc1=O. The van der Waals surface area contributed by atoms with Crippen molar-refractivity contribution in [3.05, 3.63) is 63.2 Å². The first-order valence-electron chi connectivity index (χ1n) is 6.44. The Labute approximate surface area is 135 Å². The predicted octanol–water partition coefficient (Wildman–Crippen LogP) is 3.70. The zero-order valence-electron chi connectivity index (χ0n) is 11.6. The van der Waals surface area contributed by atoms with Crippen LogP contribution in [-0.4, -0.2) is 16.1 Å². The summed E-state index contributed by atoms with van der Waals surface area (Å²) in [5.41, 5.74) is 1.38. The first-order chi connectivity index (χ1) is 10.7. The molecule has 1 N–H and O–H groups in total. The van der Waals surface area contributed by atoms with Crippen LogP contribution in [0, 0.1) is 0 Å². The number of rotatable bonds is 4. The molecule has 1 heterocycles. The number of nitrogens with zero attached hydrogens (tertiary/aromatic N) is 2. The zero-order valence-corrected chi connectivity index (χ0v) is 13.2. The highest BCUT2D eigenvalue weighted by Crippen LogP contribution is 2.26. The molecule has 2 aromatic carbocycles. The Morgan fingerprint density at radius 1 is 1.23 bits per heavy atom. The van der Waals surface area contributed by atoms with Crippen LogP contribution in [-0.2, 0) is 0 Å². The average molecular weight is 334 g/mol. The number of methoxy groups -OCH3 is 1. The summed E-state index contributed by atoms with van der Waals surface area (Å²) in [7, 11) is 1.56. The third-order valence-electron chi connectivity index (χ3n) is 3.01. The van der Waals surface area contributed by atoms with E-state index in [1.165, 1.54) is 4.57 Å². The molecule has 112 valence electrons. The highest BCUT2D eigenvalue weighted by molar-refractivity contribution is 7.03. The van der Waals surface area contributed by atoms with Gasteiger partial charge in [0.25, 0.3) is 0 Å². The molecule has 7 heteroatoms. The summed E-state index contributed by atoms with van der Waals surface area (Å²) >= 11 is 6.85. The number of hydrogen-bond donors (Lipinski definition) is 1. The molecule has 0 fully saturated rings. The molecule has 0 amide bonds. The van der Waals surface area contributed by atoms with Crippen LogP contribution >= 0.6 is 23.1 Å². The highest BCUT2D eigenvalue weighted by Gasteiger charge is 2.14. The molecule has 0 atom stereocenters. The topological polar surface area (TPSA) is 56.1 Å². The van der Waals surface area contributed by atoms with Gasteiger partial charge in [-0.3, -0.25) is 4.79 Å². The maximum Gasteiger partial charge on any atom is 0.332 e. The largest absolute Gasteiger partial charge is 0.495 e. The lowest BCUT2D eigenvalue weighted by molar-refractivity contribution is 0.413. The minimum atomic E-state index is -0.200. The molecule has 3 rings (SSSR count). The van der Waals surface area contributed by atoms with E-state index in [1.54, 1.807) is 31.4 Å². The van der Waals surface area contributed by atoms with Crippen molar-refractivity contribution in [2.45, 2.75) is 0 Å². The van der Waals surface area contributed by atoms with E-state index in [9.17, 15) is 4.79 Å². The van der Waals surface area contributed by atoms with E-state index in [4.69, 9.17) is 16.3 Å². The van der Waals surface area contributed by atoms with Crippen molar-refractivity contribution >= 4 is 34.8 Å². The Bertz CT molecular complexity index is 860. The minimum absolute atomic E-state index is 0.200. The van der Waals surface area contributed by atoms with Crippen molar-refractivity contribution in [2.24, 2.45) is 0 Å². The lowest BCUT2D eigenvalue weighted by Crippen LogP contribution is -2.14. The molecular weight excluding hydrogens is 322 g/mol. The predicted molar refractivity (Wildman–Crippen MR) is 89.0 cm³/mol. The monoisotopic (exact) mass is 333 g/mol. The van der Waals surface area contributed by atoms with Crippen molar-refractivity contribution in [1.29, 1.82) is 0 Å². The number of ether oxygens (including phenoxy) is 1. The van der Waals surface area contributed by atoms with Gasteiger partial charge in [0.05, 0.1) is 12.8 Å². The highest BCUT2D eigenvalue weighted by atomic mass is 35.5. The molecule has 0 saturated carbocycles. The minimum Gasteiger partial charge on any atom is -0.495 e. The van der Waals surface area contributed by atoms with E-state index in [2.05, 4.69) is 9.69 Å². The molecule has 0 aliphatic carbocycles. The van der Waals surface area contributed by atoms with Gasteiger partial charge >= 0.3 is 4.87 Å². The number of hydrogen-bond acceptors (Lipinski definition) is 5. The second-order valence-electron chi connectivity index (χ2n) is 4.41. The molecule has 0 aliphatic rings. The quantitative estimate of drug-likeness (QED) is 0.791. The van der Waals surface area contributed by atoms with Crippen LogP contribution in [0.25, 0.3) is 5.69 Å². The van der Waals surface area contributed by atoms with Crippen LogP contribution in [0.5, 0.6) is 5.75 Å². The van der Waals surface area contributed by atoms with Gasteiger partial charge in [-0.1, -0.05) is 29.8 Å². The molecule has 1 aromatic heterocycles. The van der Waals surface area contributed by atoms with Gasteiger partial charge in [-0.2, -0.15) is 4.37 Å². The van der Waals surface area contributed by atoms with E-state index < -0.39 is 0 Å². The van der Waals surface area contributed by atoms with E-state index in [0.29, 0.717) is 22.4 Å². The third-order valence-corrected chi connectivity index (χ3v) is 3.85. The molecule has 0 aliphatic heterocycles. The molecule has 0 spiro atoms. The molecular formula is C15H12ClN3O2S. The molecule has 3 aromatic rings. The van der Waals surface area contributed by atoms with Crippen LogP contribution in [0.15, 0.2) is 53.3 Å². The van der Waals surface area contributed by atoms with E-state index in [-0.39, 0.29) is 4.87 Å². The molecule has 0 radical (unpaired) electrons. The van der Waals surface area contributed by atoms with Gasteiger partial charge in [-0.15, -0.1) is 0 Å². The van der Waals surface area contributed by atoms with Crippen molar-refractivity contribution in [3.8, 4) is 11.4 Å². The number of anilines is 2. The Kier molecular flexibility index (Phi) is 4.13. The van der Waals surface area contributed by atoms with Gasteiger partial charge in [-0.25, -0.2) is 4.57 Å². The van der Waals surface area contributed by atoms with E-state index >= 15 is 0 Å². The summed E-state index contributed by atoms with van der Waals surface area (Å²) in [4.78, 5) is 12.0. The van der Waals surface area contributed by atoms with Gasteiger partial charge in [0.15, 0.2) is 0 Å². The van der Waals surface area contributed by atoms with Crippen LogP contribution in [0.1, 0.15) is 0 Å². The second-order valence-corrected chi connectivity index (χ2v) is 5.57. The Morgan fingerprint density at radius 3 is 2.82 bits per heavy atom. The standard InChI is InChI=1S/C15H12ClN3O2S/c1-21-13-8-3-2-7-12(13)19-14(18-22-15(19)20)17-11-6-4-5-10(16)9-11/h2-9H,1H3,(H,17,18). The smallest absolute Gasteiger partial charge is 0.332 e. The van der Waals surface area contributed by atoms with E-state index in [1.807, 2.05) is 24.3 Å². The summed E-state index contributed by atoms with van der Waals surface area (Å²) in [6.07, 6.45) is 0. The van der Waals surface area contributed by atoms with Crippen molar-refractivity contribution in [3.63, 3.8) is 0 Å². The van der Waals surface area contributed by atoms with Crippen LogP contribution < -0.4 is 14.9 Å². The number of benzene rings is 2. The number of halogens is 1. The van der Waals surface area contributed by atoms with Crippen LogP contribution in [0.2, 0.25) is 5.02 Å². The summed E-state index contributed by atoms with van der Waals surface area (Å²) in [6, 6.07) is 14.5. The second kappa shape index (κ2) is 6.21. The van der Waals surface area contributed by atoms with Gasteiger partial charge in [0.1, 0.15) is 5.75 Å². The van der Waals surface area contributed by atoms with Crippen molar-refractivity contribution < 1.29 is 4.74 Å². The fourth-order valence-corrected chi connectivity index (χ4v) is 2.80. The van der Waals surface area contributed by atoms with Crippen LogP contribution in [0.3, 0.4) is 0 Å². The summed E-state index contributed by atoms with van der Waals surface area (Å²) in [5.74, 6) is 1.01. The molecule has 0 unspecified atom stereocenters. The average Bonchev–Trinajstić information content (AvgIpc) is 2.88. The maximum absolute atomic E-state index is 12.2. The van der Waals surface area contributed by atoms with Gasteiger partial charge < -0.3 is 10.1 Å². The van der Waals surface area contributed by atoms with Gasteiger partial charge in [0, 0.05) is 22.2 Å². The lowest BCUT2D eigenvalue weighted by atomic mass is 10.3. The van der Waals surface area contributed by atoms with Gasteiger partial charge in [0.2, 0.25) is 5.95 Å². The molecule has 0 saturated heterocycles. The van der Waals surface area contributed by atoms with Crippen molar-refractivity contribution in [2.75, 3.05) is 12.4 Å². The first kappa shape index (κ1) is 14.6. The summed E-state index contributed by atoms with van der Waals surface area (Å²) in [6.45, 7) is 0. The Balaban J connectivity index is 2.06. The molecule has 22 heavy (non-hydrogen) atoms. The van der Waals surface area contributed by atoms with Crippen LogP contribution in [0.4, 0.5) is 11.6 Å². The van der Waals surface area contributed by atoms with Crippen molar-refractivity contribution in [1.82, 2.24) is 8.94 Å². The number of nitrogens with one attached hydrogen (secondary N) is 1. The molecule has 0 bridgehead atoms. The Morgan fingerprint density at radius 2 is 2.05 bits per heavy atom. The summed E-state index contributed by atoms with van der Waals surface area (Å²) < 4.78 is 11.0. The Hall–Kier alpha value is -2.31. The number of aromatic nitrogens is 2. The zero-order chi connectivity index (χ0) is 15.5. The molecule has 5 nitrogen and oxygen atoms in total. The number of para-hydroxylation sites is 2. The summed E-state index contributed by atoms with van der Waals surface area (Å²) in [5, 5.41) is 3.71. The fourth-order valence-electron chi connectivity index (χ4n) is 2.05. The normalized spacial score (nSPS) is 10.5.